The van der Waals surface area contributed by atoms with Crippen molar-refractivity contribution in [1.29, 1.82) is 0 Å². The van der Waals surface area contributed by atoms with Gasteiger partial charge in [0.15, 0.2) is 0 Å². The first kappa shape index (κ1) is 14.0. The number of aliphatic carboxylic acids is 1. The molecule has 2 N–H and O–H groups in total. The van der Waals surface area contributed by atoms with Gasteiger partial charge in [-0.15, -0.1) is 0 Å². The van der Waals surface area contributed by atoms with Crippen molar-refractivity contribution in [3.05, 3.63) is 0 Å². The van der Waals surface area contributed by atoms with Gasteiger partial charge >= 0.3 is 5.97 Å². The molecule has 1 aliphatic heterocycles. The molecule has 0 bridgehead atoms. The average molecular weight is 243 g/mol. The topological polar surface area (TPSA) is 75.6 Å². The molecule has 0 spiro atoms. The first-order chi connectivity index (χ1) is 8.10. The lowest BCUT2D eigenvalue weighted by molar-refractivity contribution is -0.143. The van der Waals surface area contributed by atoms with Crippen LogP contribution in [-0.4, -0.2) is 35.7 Å². The number of amides is 1. The molecule has 3 atom stereocenters. The Morgan fingerprint density at radius 3 is 2.71 bits per heavy atom. The van der Waals surface area contributed by atoms with E-state index in [0.29, 0.717) is 19.4 Å². The first-order valence-electron chi connectivity index (χ1n) is 6.24. The van der Waals surface area contributed by atoms with Crippen molar-refractivity contribution in [2.45, 2.75) is 51.7 Å². The van der Waals surface area contributed by atoms with Gasteiger partial charge in [0.05, 0.1) is 12.0 Å². The van der Waals surface area contributed by atoms with Gasteiger partial charge in [0.25, 0.3) is 0 Å². The summed E-state index contributed by atoms with van der Waals surface area (Å²) in [6.07, 6.45) is 2.60. The largest absolute Gasteiger partial charge is 0.480 e. The minimum atomic E-state index is -0.966. The lowest BCUT2D eigenvalue weighted by atomic mass is 9.98. The maximum atomic E-state index is 11.9. The number of carbonyl (C=O) groups excluding carboxylic acids is 1. The van der Waals surface area contributed by atoms with Gasteiger partial charge < -0.3 is 15.2 Å². The number of rotatable bonds is 6. The summed E-state index contributed by atoms with van der Waals surface area (Å²) in [6.45, 7) is 4.45. The molecule has 1 aliphatic rings. The Morgan fingerprint density at radius 2 is 2.18 bits per heavy atom. The summed E-state index contributed by atoms with van der Waals surface area (Å²) in [4.78, 5) is 22.9. The number of hydrogen-bond donors (Lipinski definition) is 2. The van der Waals surface area contributed by atoms with Crippen molar-refractivity contribution < 1.29 is 19.4 Å². The van der Waals surface area contributed by atoms with Gasteiger partial charge in [-0.2, -0.15) is 0 Å². The molecule has 1 heterocycles. The summed E-state index contributed by atoms with van der Waals surface area (Å²) in [7, 11) is 0. The molecule has 1 rings (SSSR count). The third-order valence-electron chi connectivity index (χ3n) is 3.14. The van der Waals surface area contributed by atoms with Crippen molar-refractivity contribution in [3.8, 4) is 0 Å². The van der Waals surface area contributed by atoms with Crippen LogP contribution in [0.2, 0.25) is 0 Å². The van der Waals surface area contributed by atoms with Crippen LogP contribution >= 0.6 is 0 Å². The Morgan fingerprint density at radius 1 is 1.47 bits per heavy atom. The Hall–Kier alpha value is -1.10. The van der Waals surface area contributed by atoms with Gasteiger partial charge in [-0.3, -0.25) is 4.79 Å². The third kappa shape index (κ3) is 3.70. The lowest BCUT2D eigenvalue weighted by Crippen LogP contribution is -2.45. The molecule has 0 aromatic rings. The minimum Gasteiger partial charge on any atom is -0.480 e. The number of hydrogen-bond acceptors (Lipinski definition) is 3. The second-order valence-electron chi connectivity index (χ2n) is 4.40. The molecule has 0 aromatic carbocycles. The number of ether oxygens (including phenoxy) is 1. The van der Waals surface area contributed by atoms with Gasteiger partial charge in [-0.1, -0.05) is 20.3 Å². The summed E-state index contributed by atoms with van der Waals surface area (Å²) in [6, 6.07) is -0.773. The van der Waals surface area contributed by atoms with E-state index in [-0.39, 0.29) is 17.9 Å². The van der Waals surface area contributed by atoms with Crippen LogP contribution in [0.4, 0.5) is 0 Å². The summed E-state index contributed by atoms with van der Waals surface area (Å²) < 4.78 is 5.43. The molecular weight excluding hydrogens is 222 g/mol. The summed E-state index contributed by atoms with van der Waals surface area (Å²) in [5.41, 5.74) is 0. The predicted molar refractivity (Wildman–Crippen MR) is 62.6 cm³/mol. The van der Waals surface area contributed by atoms with Crippen LogP contribution in [0.15, 0.2) is 0 Å². The highest BCUT2D eigenvalue weighted by Gasteiger charge is 2.34. The van der Waals surface area contributed by atoms with Crippen LogP contribution in [0.1, 0.15) is 39.5 Å². The Labute approximate surface area is 102 Å². The van der Waals surface area contributed by atoms with E-state index in [1.807, 2.05) is 13.8 Å². The number of carboxylic acids is 1. The number of nitrogens with one attached hydrogen (secondary N) is 1. The molecule has 0 aliphatic carbocycles. The Kier molecular flexibility index (Phi) is 5.41. The van der Waals surface area contributed by atoms with Crippen molar-refractivity contribution >= 4 is 11.9 Å². The van der Waals surface area contributed by atoms with Crippen LogP contribution in [0.5, 0.6) is 0 Å². The van der Waals surface area contributed by atoms with Crippen molar-refractivity contribution in [3.63, 3.8) is 0 Å². The summed E-state index contributed by atoms with van der Waals surface area (Å²) >= 11 is 0. The van der Waals surface area contributed by atoms with Gasteiger partial charge in [-0.25, -0.2) is 4.79 Å². The van der Waals surface area contributed by atoms with E-state index >= 15 is 0 Å². The first-order valence-corrected chi connectivity index (χ1v) is 6.24. The highest BCUT2D eigenvalue weighted by atomic mass is 16.5. The molecule has 1 saturated heterocycles. The fraction of sp³-hybridized carbons (Fsp3) is 0.833. The van der Waals surface area contributed by atoms with Crippen LogP contribution in [0.3, 0.4) is 0 Å². The van der Waals surface area contributed by atoms with Gasteiger partial charge in [-0.05, 0) is 19.3 Å². The fourth-order valence-corrected chi connectivity index (χ4v) is 2.18. The highest BCUT2D eigenvalue weighted by Crippen LogP contribution is 2.23. The molecular formula is C12H21NO4. The van der Waals surface area contributed by atoms with E-state index in [2.05, 4.69) is 5.32 Å². The summed E-state index contributed by atoms with van der Waals surface area (Å²) in [5.74, 6) is -1.35. The van der Waals surface area contributed by atoms with Gasteiger partial charge in [0.2, 0.25) is 5.91 Å². The van der Waals surface area contributed by atoms with Gasteiger partial charge in [0, 0.05) is 6.61 Å². The zero-order valence-electron chi connectivity index (χ0n) is 10.4. The molecule has 1 amide bonds. The average Bonchev–Trinajstić information content (AvgIpc) is 2.76. The molecule has 0 saturated carbocycles. The molecule has 17 heavy (non-hydrogen) atoms. The number of carbonyl (C=O) groups is 2. The second-order valence-corrected chi connectivity index (χ2v) is 4.40. The van der Waals surface area contributed by atoms with E-state index in [0.717, 1.165) is 12.8 Å². The van der Waals surface area contributed by atoms with Crippen molar-refractivity contribution in [1.82, 2.24) is 5.32 Å². The van der Waals surface area contributed by atoms with E-state index in [1.54, 1.807) is 0 Å². The van der Waals surface area contributed by atoms with E-state index in [1.165, 1.54) is 0 Å². The minimum absolute atomic E-state index is 0.0638. The highest BCUT2D eigenvalue weighted by molar-refractivity contribution is 5.85. The lowest BCUT2D eigenvalue weighted by Gasteiger charge is -2.19. The van der Waals surface area contributed by atoms with E-state index in [9.17, 15) is 9.59 Å². The zero-order valence-corrected chi connectivity index (χ0v) is 10.4. The standard InChI is InChI=1S/C12H21NO4/c1-3-5-9(12(15)16)13-11(14)8-6-7-17-10(8)4-2/h8-10H,3-7H2,1-2H3,(H,13,14)(H,15,16)/t8?,9-,10?/m0/s1. The van der Waals surface area contributed by atoms with Crippen LogP contribution in [0, 0.1) is 5.92 Å². The van der Waals surface area contributed by atoms with Crippen LogP contribution in [0.25, 0.3) is 0 Å². The molecule has 2 unspecified atom stereocenters. The Balaban J connectivity index is 2.54. The number of carboxylic acid groups (broad SMARTS) is 1. The molecule has 5 heteroatoms. The van der Waals surface area contributed by atoms with E-state index < -0.39 is 12.0 Å². The molecule has 0 radical (unpaired) electrons. The van der Waals surface area contributed by atoms with Crippen molar-refractivity contribution in [2.75, 3.05) is 6.61 Å². The summed E-state index contributed by atoms with van der Waals surface area (Å²) in [5, 5.41) is 11.6. The maximum Gasteiger partial charge on any atom is 0.326 e. The maximum absolute atomic E-state index is 11.9. The SMILES string of the molecule is CCC[C@H](NC(=O)C1CCOC1CC)C(=O)O. The molecule has 1 fully saturated rings. The Bertz CT molecular complexity index is 280. The molecule has 98 valence electrons. The normalized spacial score (nSPS) is 25.5. The molecule has 5 nitrogen and oxygen atoms in total. The third-order valence-corrected chi connectivity index (χ3v) is 3.14. The second kappa shape index (κ2) is 6.59. The van der Waals surface area contributed by atoms with Gasteiger partial charge in [0.1, 0.15) is 6.04 Å². The van der Waals surface area contributed by atoms with Crippen LogP contribution < -0.4 is 5.32 Å². The van der Waals surface area contributed by atoms with Crippen LogP contribution in [-0.2, 0) is 14.3 Å². The zero-order chi connectivity index (χ0) is 12.8. The van der Waals surface area contributed by atoms with E-state index in [4.69, 9.17) is 9.84 Å². The quantitative estimate of drug-likeness (QED) is 0.734. The predicted octanol–water partition coefficient (Wildman–Crippen LogP) is 1.17. The fourth-order valence-electron chi connectivity index (χ4n) is 2.18. The molecule has 0 aromatic heterocycles. The van der Waals surface area contributed by atoms with Crippen molar-refractivity contribution in [2.24, 2.45) is 5.92 Å². The monoisotopic (exact) mass is 243 g/mol. The smallest absolute Gasteiger partial charge is 0.326 e.